The van der Waals surface area contributed by atoms with Crippen molar-refractivity contribution in [2.75, 3.05) is 6.61 Å². The number of aromatic nitrogens is 1. The number of benzene rings is 3. The highest BCUT2D eigenvalue weighted by molar-refractivity contribution is 6.08. The summed E-state index contributed by atoms with van der Waals surface area (Å²) < 4.78 is 49.6. The Labute approximate surface area is 166 Å². The summed E-state index contributed by atoms with van der Waals surface area (Å²) in [6.45, 7) is 4.15. The van der Waals surface area contributed by atoms with Crippen LogP contribution >= 0.6 is 0 Å². The van der Waals surface area contributed by atoms with Crippen LogP contribution in [0.1, 0.15) is 23.6 Å². The maximum Gasteiger partial charge on any atom is 0.137 e. The third kappa shape index (κ3) is 2.53. The first kappa shape index (κ1) is 18.0. The number of ether oxygens (including phenoxy) is 1. The normalized spacial score (nSPS) is 13.1. The molecule has 5 heteroatoms. The van der Waals surface area contributed by atoms with Crippen LogP contribution in [-0.4, -0.2) is 11.6 Å². The van der Waals surface area contributed by atoms with Gasteiger partial charge in [-0.05, 0) is 65.3 Å². The SMILES string of the molecule is CCc1c(C)c(F)c2c(F)cc(F)cc2c1-c1ccc2c3c(ccnc13)CCO2. The van der Waals surface area contributed by atoms with Crippen molar-refractivity contribution in [2.24, 2.45) is 0 Å². The molecule has 29 heavy (non-hydrogen) atoms. The Morgan fingerprint density at radius 3 is 2.69 bits per heavy atom. The van der Waals surface area contributed by atoms with Crippen molar-refractivity contribution >= 4 is 21.7 Å². The van der Waals surface area contributed by atoms with Crippen LogP contribution in [0.4, 0.5) is 13.2 Å². The lowest BCUT2D eigenvalue weighted by Crippen LogP contribution is -2.09. The number of hydrogen-bond donors (Lipinski definition) is 0. The Morgan fingerprint density at radius 2 is 1.90 bits per heavy atom. The van der Waals surface area contributed by atoms with Gasteiger partial charge in [-0.25, -0.2) is 13.2 Å². The van der Waals surface area contributed by atoms with Crippen LogP contribution in [0.5, 0.6) is 5.75 Å². The van der Waals surface area contributed by atoms with E-state index in [2.05, 4.69) is 4.98 Å². The molecule has 0 N–H and O–H groups in total. The zero-order valence-corrected chi connectivity index (χ0v) is 16.1. The summed E-state index contributed by atoms with van der Waals surface area (Å²) >= 11 is 0. The summed E-state index contributed by atoms with van der Waals surface area (Å²) in [5, 5.41) is 0.944. The van der Waals surface area contributed by atoms with Gasteiger partial charge < -0.3 is 4.74 Å². The molecule has 0 bridgehead atoms. The lowest BCUT2D eigenvalue weighted by atomic mass is 9.86. The van der Waals surface area contributed by atoms with Gasteiger partial charge in [-0.15, -0.1) is 0 Å². The van der Waals surface area contributed by atoms with Crippen molar-refractivity contribution in [1.29, 1.82) is 0 Å². The van der Waals surface area contributed by atoms with E-state index in [0.29, 0.717) is 29.7 Å². The average molecular weight is 393 g/mol. The number of rotatable bonds is 2. The van der Waals surface area contributed by atoms with E-state index in [1.54, 1.807) is 13.1 Å². The number of halogens is 3. The van der Waals surface area contributed by atoms with Crippen molar-refractivity contribution < 1.29 is 17.9 Å². The van der Waals surface area contributed by atoms with Gasteiger partial charge in [0.05, 0.1) is 17.5 Å². The Morgan fingerprint density at radius 1 is 1.07 bits per heavy atom. The predicted molar refractivity (Wildman–Crippen MR) is 108 cm³/mol. The highest BCUT2D eigenvalue weighted by Gasteiger charge is 2.24. The molecule has 146 valence electrons. The molecular formula is C24H18F3NO. The predicted octanol–water partition coefficient (Wildman–Crippen LogP) is 6.28. The van der Waals surface area contributed by atoms with Gasteiger partial charge in [0, 0.05) is 29.6 Å². The molecule has 2 heterocycles. The first-order valence-corrected chi connectivity index (χ1v) is 9.64. The second-order valence-corrected chi connectivity index (χ2v) is 7.36. The molecule has 5 rings (SSSR count). The molecule has 0 aliphatic carbocycles. The molecule has 2 nitrogen and oxygen atoms in total. The second kappa shape index (κ2) is 6.48. The molecule has 3 aromatic carbocycles. The van der Waals surface area contributed by atoms with Crippen LogP contribution < -0.4 is 4.74 Å². The third-order valence-electron chi connectivity index (χ3n) is 5.82. The molecular weight excluding hydrogens is 375 g/mol. The fraction of sp³-hybridized carbons (Fsp3) is 0.208. The largest absolute Gasteiger partial charge is 0.493 e. The van der Waals surface area contributed by atoms with E-state index in [4.69, 9.17) is 4.74 Å². The van der Waals surface area contributed by atoms with Gasteiger partial charge in [0.15, 0.2) is 0 Å². The molecule has 0 radical (unpaired) electrons. The fourth-order valence-corrected chi connectivity index (χ4v) is 4.52. The van der Waals surface area contributed by atoms with E-state index < -0.39 is 17.5 Å². The van der Waals surface area contributed by atoms with Crippen molar-refractivity contribution in [1.82, 2.24) is 4.98 Å². The Hall–Kier alpha value is -3.08. The van der Waals surface area contributed by atoms with E-state index in [1.165, 1.54) is 6.07 Å². The highest BCUT2D eigenvalue weighted by atomic mass is 19.1. The molecule has 1 aromatic heterocycles. The van der Waals surface area contributed by atoms with E-state index in [0.717, 1.165) is 40.3 Å². The smallest absolute Gasteiger partial charge is 0.137 e. The molecule has 0 atom stereocenters. The lowest BCUT2D eigenvalue weighted by molar-refractivity contribution is 0.318. The van der Waals surface area contributed by atoms with Crippen molar-refractivity contribution in [2.45, 2.75) is 26.7 Å². The number of hydrogen-bond acceptors (Lipinski definition) is 2. The molecule has 4 aromatic rings. The van der Waals surface area contributed by atoms with Gasteiger partial charge in [0.1, 0.15) is 23.2 Å². The maximum absolute atomic E-state index is 15.0. The number of nitrogens with zero attached hydrogens (tertiary/aromatic N) is 1. The minimum atomic E-state index is -0.900. The summed E-state index contributed by atoms with van der Waals surface area (Å²) in [7, 11) is 0. The Kier molecular flexibility index (Phi) is 4.02. The van der Waals surface area contributed by atoms with Gasteiger partial charge in [0.25, 0.3) is 0 Å². The van der Waals surface area contributed by atoms with Crippen LogP contribution in [0.15, 0.2) is 36.5 Å². The summed E-state index contributed by atoms with van der Waals surface area (Å²) in [6.07, 6.45) is 3.02. The first-order chi connectivity index (χ1) is 14.0. The average Bonchev–Trinajstić information content (AvgIpc) is 2.71. The Bertz CT molecular complexity index is 1300. The summed E-state index contributed by atoms with van der Waals surface area (Å²) in [6, 6.07) is 7.62. The van der Waals surface area contributed by atoms with E-state index >= 15 is 4.39 Å². The zero-order valence-electron chi connectivity index (χ0n) is 16.1. The van der Waals surface area contributed by atoms with Crippen LogP contribution in [0, 0.1) is 24.4 Å². The minimum absolute atomic E-state index is 0.187. The minimum Gasteiger partial charge on any atom is -0.493 e. The maximum atomic E-state index is 15.0. The third-order valence-corrected chi connectivity index (χ3v) is 5.82. The van der Waals surface area contributed by atoms with Gasteiger partial charge in [-0.1, -0.05) is 6.92 Å². The van der Waals surface area contributed by atoms with Crippen molar-refractivity contribution in [3.63, 3.8) is 0 Å². The van der Waals surface area contributed by atoms with Crippen LogP contribution in [0.2, 0.25) is 0 Å². The van der Waals surface area contributed by atoms with Gasteiger partial charge in [0.2, 0.25) is 0 Å². The molecule has 1 aliphatic heterocycles. The standard InChI is InChI=1S/C24H18F3NO/c1-3-15-12(2)23(27)22-17(10-14(25)11-18(22)26)21(15)16-4-5-19-20-13(7-9-29-19)6-8-28-24(16)20/h4-6,8,10-11H,3,7,9H2,1-2H3. The van der Waals surface area contributed by atoms with E-state index in [1.807, 2.05) is 25.1 Å². The molecule has 0 saturated carbocycles. The van der Waals surface area contributed by atoms with Crippen LogP contribution in [0.3, 0.4) is 0 Å². The molecule has 0 spiro atoms. The van der Waals surface area contributed by atoms with Gasteiger partial charge >= 0.3 is 0 Å². The fourth-order valence-electron chi connectivity index (χ4n) is 4.52. The molecule has 0 amide bonds. The second-order valence-electron chi connectivity index (χ2n) is 7.36. The van der Waals surface area contributed by atoms with Gasteiger partial charge in [-0.3, -0.25) is 4.98 Å². The topological polar surface area (TPSA) is 22.1 Å². The van der Waals surface area contributed by atoms with Crippen LogP contribution in [-0.2, 0) is 12.8 Å². The Balaban J connectivity index is 1.99. The van der Waals surface area contributed by atoms with Crippen molar-refractivity contribution in [3.8, 4) is 16.9 Å². The molecule has 0 saturated heterocycles. The lowest BCUT2D eigenvalue weighted by Gasteiger charge is -2.22. The molecule has 1 aliphatic rings. The number of fused-ring (bicyclic) bond motifs is 1. The molecule has 0 fully saturated rings. The molecule has 0 unspecified atom stereocenters. The summed E-state index contributed by atoms with van der Waals surface area (Å²) in [4.78, 5) is 4.58. The zero-order chi connectivity index (χ0) is 20.3. The van der Waals surface area contributed by atoms with Crippen LogP contribution in [0.25, 0.3) is 32.8 Å². The van der Waals surface area contributed by atoms with Gasteiger partial charge in [-0.2, -0.15) is 0 Å². The number of pyridine rings is 1. The van der Waals surface area contributed by atoms with E-state index in [9.17, 15) is 8.78 Å². The summed E-state index contributed by atoms with van der Waals surface area (Å²) in [5.74, 6) is -1.53. The summed E-state index contributed by atoms with van der Waals surface area (Å²) in [5.41, 5.74) is 4.27. The monoisotopic (exact) mass is 393 g/mol. The quantitative estimate of drug-likeness (QED) is 0.400. The highest BCUT2D eigenvalue weighted by Crippen LogP contribution is 2.43. The van der Waals surface area contributed by atoms with Crippen molar-refractivity contribution in [3.05, 3.63) is 70.7 Å². The first-order valence-electron chi connectivity index (χ1n) is 9.64. The van der Waals surface area contributed by atoms with E-state index in [-0.39, 0.29) is 10.8 Å².